The Morgan fingerprint density at radius 2 is 1.82 bits per heavy atom. The van der Waals surface area contributed by atoms with Gasteiger partial charge in [-0.15, -0.1) is 0 Å². The molecule has 0 saturated carbocycles. The average molecular weight is 149 g/mol. The van der Waals surface area contributed by atoms with Crippen LogP contribution < -0.4 is 0 Å². The molecule has 2 nitrogen and oxygen atoms in total. The molecule has 0 amide bonds. The maximum absolute atomic E-state index is 10.5. The molecular weight excluding hydrogens is 140 g/mol. The van der Waals surface area contributed by atoms with Crippen molar-refractivity contribution in [3.8, 4) is 0 Å². The summed E-state index contributed by atoms with van der Waals surface area (Å²) in [5.74, 6) is -0.484. The van der Waals surface area contributed by atoms with Gasteiger partial charge in [-0.1, -0.05) is 30.3 Å². The molecule has 0 fully saturated rings. The van der Waals surface area contributed by atoms with Crippen LogP contribution in [-0.4, -0.2) is 11.1 Å². The van der Waals surface area contributed by atoms with Crippen LogP contribution >= 0.6 is 0 Å². The Kier molecular flexibility index (Phi) is 2.26. The van der Waals surface area contributed by atoms with Crippen molar-refractivity contribution >= 4 is 5.97 Å². The Labute approximate surface area is 65.5 Å². The highest BCUT2D eigenvalue weighted by atomic mass is 16.4. The van der Waals surface area contributed by atoms with Crippen molar-refractivity contribution in [2.45, 2.75) is 6.92 Å². The molecule has 0 heterocycles. The lowest BCUT2D eigenvalue weighted by atomic mass is 10.0. The quantitative estimate of drug-likeness (QED) is 0.695. The first-order valence-electron chi connectivity index (χ1n) is 3.34. The predicted octanol–water partition coefficient (Wildman–Crippen LogP) is 1.71. The van der Waals surface area contributed by atoms with E-state index in [0.29, 0.717) is 5.92 Å². The fraction of sp³-hybridized carbons (Fsp3) is 0.111. The summed E-state index contributed by atoms with van der Waals surface area (Å²) in [5, 5.41) is 8.60. The molecule has 0 atom stereocenters. The van der Waals surface area contributed by atoms with Crippen molar-refractivity contribution in [2.24, 2.45) is 0 Å². The van der Waals surface area contributed by atoms with Gasteiger partial charge in [-0.25, -0.2) is 0 Å². The van der Waals surface area contributed by atoms with Gasteiger partial charge in [0.2, 0.25) is 0 Å². The predicted molar refractivity (Wildman–Crippen MR) is 42.1 cm³/mol. The maximum atomic E-state index is 10.5. The van der Waals surface area contributed by atoms with Gasteiger partial charge < -0.3 is 5.11 Å². The van der Waals surface area contributed by atoms with Crippen LogP contribution in [-0.2, 0) is 4.79 Å². The van der Waals surface area contributed by atoms with Crippen molar-refractivity contribution in [1.29, 1.82) is 0 Å². The minimum absolute atomic E-state index is 0.380. The molecule has 0 aliphatic carbocycles. The normalized spacial score (nSPS) is 10.0. The summed E-state index contributed by atoms with van der Waals surface area (Å²) in [5.41, 5.74) is 0.764. The molecule has 1 N–H and O–H groups in total. The standard InChI is InChI=1S/C9H9O2/c1-7(9(10)11)8-5-3-2-4-6-8/h2-6H,1H3,(H,10,11). The molecule has 0 unspecified atom stereocenters. The van der Waals surface area contributed by atoms with E-state index in [9.17, 15) is 4.79 Å². The molecule has 0 spiro atoms. The first kappa shape index (κ1) is 7.79. The number of rotatable bonds is 2. The van der Waals surface area contributed by atoms with Gasteiger partial charge in [-0.2, -0.15) is 0 Å². The molecule has 0 saturated heterocycles. The number of carboxylic acids is 1. The third kappa shape index (κ3) is 1.80. The lowest BCUT2D eigenvalue weighted by Crippen LogP contribution is -2.07. The van der Waals surface area contributed by atoms with Crippen molar-refractivity contribution in [1.82, 2.24) is 0 Å². The number of aliphatic carboxylic acids is 1. The SMILES string of the molecule is C[C](C(=O)O)c1ccccc1. The highest BCUT2D eigenvalue weighted by molar-refractivity contribution is 5.87. The smallest absolute Gasteiger partial charge is 0.315 e. The third-order valence-electron chi connectivity index (χ3n) is 1.53. The summed E-state index contributed by atoms with van der Waals surface area (Å²) in [6.07, 6.45) is 0. The Bertz CT molecular complexity index is 241. The molecule has 0 aliphatic heterocycles. The molecular formula is C9H9O2. The lowest BCUT2D eigenvalue weighted by molar-refractivity contribution is -0.134. The first-order valence-corrected chi connectivity index (χ1v) is 3.34. The number of hydrogen-bond acceptors (Lipinski definition) is 1. The Hall–Kier alpha value is -1.31. The van der Waals surface area contributed by atoms with Crippen LogP contribution in [0.5, 0.6) is 0 Å². The monoisotopic (exact) mass is 149 g/mol. The summed E-state index contributed by atoms with van der Waals surface area (Å²) < 4.78 is 0. The van der Waals surface area contributed by atoms with E-state index in [-0.39, 0.29) is 0 Å². The second-order valence-corrected chi connectivity index (χ2v) is 2.30. The molecule has 57 valence electrons. The van der Waals surface area contributed by atoms with Gasteiger partial charge in [0.05, 0.1) is 0 Å². The molecule has 0 aromatic heterocycles. The van der Waals surface area contributed by atoms with Crippen molar-refractivity contribution in [3.05, 3.63) is 41.8 Å². The number of hydrogen-bond donors (Lipinski definition) is 1. The number of benzene rings is 1. The Morgan fingerprint density at radius 3 is 2.27 bits per heavy atom. The molecule has 11 heavy (non-hydrogen) atoms. The topological polar surface area (TPSA) is 37.3 Å². The Balaban J connectivity index is 2.85. The van der Waals surface area contributed by atoms with Crippen LogP contribution in [0.2, 0.25) is 0 Å². The molecule has 0 aliphatic rings. The van der Waals surface area contributed by atoms with E-state index in [1.165, 1.54) is 0 Å². The van der Waals surface area contributed by atoms with Crippen LogP contribution in [0.3, 0.4) is 0 Å². The van der Waals surface area contributed by atoms with Gasteiger partial charge in [-0.05, 0) is 12.5 Å². The molecule has 1 radical (unpaired) electrons. The van der Waals surface area contributed by atoms with Gasteiger partial charge in [0.25, 0.3) is 0 Å². The molecule has 1 aromatic rings. The fourth-order valence-corrected chi connectivity index (χ4v) is 0.812. The van der Waals surface area contributed by atoms with Crippen LogP contribution in [0.15, 0.2) is 30.3 Å². The Morgan fingerprint density at radius 1 is 1.27 bits per heavy atom. The van der Waals surface area contributed by atoms with Crippen molar-refractivity contribution in [3.63, 3.8) is 0 Å². The molecule has 0 bridgehead atoms. The van der Waals surface area contributed by atoms with Crippen molar-refractivity contribution < 1.29 is 9.90 Å². The zero-order chi connectivity index (χ0) is 8.27. The third-order valence-corrected chi connectivity index (χ3v) is 1.53. The van der Waals surface area contributed by atoms with Crippen LogP contribution in [0, 0.1) is 5.92 Å². The van der Waals surface area contributed by atoms with Gasteiger partial charge in [0.15, 0.2) is 0 Å². The van der Waals surface area contributed by atoms with Gasteiger partial charge in [-0.3, -0.25) is 4.79 Å². The van der Waals surface area contributed by atoms with Crippen LogP contribution in [0.25, 0.3) is 0 Å². The second kappa shape index (κ2) is 3.19. The molecule has 1 aromatic carbocycles. The van der Waals surface area contributed by atoms with E-state index in [2.05, 4.69) is 0 Å². The zero-order valence-electron chi connectivity index (χ0n) is 6.24. The van der Waals surface area contributed by atoms with E-state index in [1.54, 1.807) is 19.1 Å². The van der Waals surface area contributed by atoms with E-state index < -0.39 is 5.97 Å². The number of carboxylic acid groups (broad SMARTS) is 1. The van der Waals surface area contributed by atoms with Crippen LogP contribution in [0.4, 0.5) is 0 Å². The zero-order valence-corrected chi connectivity index (χ0v) is 6.24. The summed E-state index contributed by atoms with van der Waals surface area (Å²) in [4.78, 5) is 10.5. The van der Waals surface area contributed by atoms with Gasteiger partial charge >= 0.3 is 5.97 Å². The summed E-state index contributed by atoms with van der Waals surface area (Å²) in [7, 11) is 0. The highest BCUT2D eigenvalue weighted by Crippen LogP contribution is 2.12. The van der Waals surface area contributed by atoms with E-state index in [0.717, 1.165) is 5.56 Å². The maximum Gasteiger partial charge on any atom is 0.315 e. The molecule has 1 rings (SSSR count). The van der Waals surface area contributed by atoms with E-state index in [4.69, 9.17) is 5.11 Å². The summed E-state index contributed by atoms with van der Waals surface area (Å²) in [6.45, 7) is 1.59. The fourth-order valence-electron chi connectivity index (χ4n) is 0.812. The second-order valence-electron chi connectivity index (χ2n) is 2.30. The largest absolute Gasteiger partial charge is 0.481 e. The minimum atomic E-state index is -0.865. The highest BCUT2D eigenvalue weighted by Gasteiger charge is 2.12. The van der Waals surface area contributed by atoms with Gasteiger partial charge in [0.1, 0.15) is 5.92 Å². The first-order chi connectivity index (χ1) is 5.22. The summed E-state index contributed by atoms with van der Waals surface area (Å²) >= 11 is 0. The lowest BCUT2D eigenvalue weighted by Gasteiger charge is -2.03. The molecule has 2 heteroatoms. The van der Waals surface area contributed by atoms with E-state index in [1.807, 2.05) is 18.2 Å². The van der Waals surface area contributed by atoms with Gasteiger partial charge in [0, 0.05) is 0 Å². The average Bonchev–Trinajstić information content (AvgIpc) is 2.05. The van der Waals surface area contributed by atoms with Crippen molar-refractivity contribution in [2.75, 3.05) is 0 Å². The van der Waals surface area contributed by atoms with E-state index >= 15 is 0 Å². The minimum Gasteiger partial charge on any atom is -0.481 e. The number of carbonyl (C=O) groups is 1. The van der Waals surface area contributed by atoms with Crippen LogP contribution in [0.1, 0.15) is 12.5 Å². The summed E-state index contributed by atoms with van der Waals surface area (Å²) in [6, 6.07) is 9.06.